The lowest BCUT2D eigenvalue weighted by Gasteiger charge is -2.21. The third-order valence-electron chi connectivity index (χ3n) is 7.40. The van der Waals surface area contributed by atoms with Gasteiger partial charge in [-0.1, -0.05) is 57.7 Å². The largest absolute Gasteiger partial charge is 0.466 e. The lowest BCUT2D eigenvalue weighted by molar-refractivity contribution is -0.154. The molecule has 2 aromatic heterocycles. The topological polar surface area (TPSA) is 104 Å². The van der Waals surface area contributed by atoms with Gasteiger partial charge in [0.25, 0.3) is 0 Å². The first kappa shape index (κ1) is 37.0. The third kappa shape index (κ3) is 11.1. The number of hydrogen-bond acceptors (Lipinski definition) is 10. The molecule has 4 rings (SSSR count). The molecule has 0 amide bonds. The number of ether oxygens (including phenoxy) is 2. The first-order valence-electron chi connectivity index (χ1n) is 14.2. The highest BCUT2D eigenvalue weighted by molar-refractivity contribution is 14.1. The molecule has 0 radical (unpaired) electrons. The molecule has 2 aliphatic carbocycles. The molecule has 42 heavy (non-hydrogen) atoms. The van der Waals surface area contributed by atoms with Crippen molar-refractivity contribution in [3.05, 3.63) is 34.4 Å². The minimum atomic E-state index is -0.362. The summed E-state index contributed by atoms with van der Waals surface area (Å²) in [6, 6.07) is 3.78. The quantitative estimate of drug-likeness (QED) is 0.0690. The Labute approximate surface area is 278 Å². The molecule has 8 nitrogen and oxygen atoms in total. The summed E-state index contributed by atoms with van der Waals surface area (Å²) in [7, 11) is 0. The standard InChI is InChI=1S/C15H22N2O2S.C9H15IO2.C6H7ClN2S/c1-5-19-13(18)15(3)7-6-11(9-15)12-8-10(2)16-14(17-12)20-4;1-3-12-8(11)9(2)5-4-7(10)6-9;1-4-3-5(7)9-6(8-4)10-2/h8,11H,5-7,9H2,1-4H3;7H,3-6H2,1-2H3;3H,1-2H3/t11-,15-;;/m1../s1. The Bertz CT molecular complexity index is 1190. The number of halogens is 2. The fraction of sp³-hybridized carbons (Fsp3) is 0.667. The predicted molar refractivity (Wildman–Crippen MR) is 180 cm³/mol. The van der Waals surface area contributed by atoms with E-state index in [9.17, 15) is 9.59 Å². The van der Waals surface area contributed by atoms with Crippen LogP contribution in [-0.2, 0) is 19.1 Å². The van der Waals surface area contributed by atoms with Crippen molar-refractivity contribution in [2.45, 2.75) is 100 Å². The second-order valence-electron chi connectivity index (χ2n) is 11.1. The molecule has 0 N–H and O–H groups in total. The van der Waals surface area contributed by atoms with Crippen LogP contribution in [0, 0.1) is 24.7 Å². The summed E-state index contributed by atoms with van der Waals surface area (Å²) in [6.07, 6.45) is 9.69. The smallest absolute Gasteiger partial charge is 0.311 e. The van der Waals surface area contributed by atoms with Crippen LogP contribution in [0.4, 0.5) is 0 Å². The second-order valence-corrected chi connectivity index (χ2v) is 14.8. The molecule has 234 valence electrons. The van der Waals surface area contributed by atoms with E-state index >= 15 is 0 Å². The van der Waals surface area contributed by atoms with E-state index in [1.165, 1.54) is 11.8 Å². The molecule has 2 aliphatic rings. The number of aryl methyl sites for hydroxylation is 2. The molecule has 0 saturated heterocycles. The molecule has 2 unspecified atom stereocenters. The number of carbonyl (C=O) groups excluding carboxylic acids is 2. The molecule has 0 aliphatic heterocycles. The van der Waals surface area contributed by atoms with Crippen LogP contribution in [0.15, 0.2) is 22.4 Å². The molecule has 2 saturated carbocycles. The molecule has 12 heteroatoms. The molecule has 2 fully saturated rings. The van der Waals surface area contributed by atoms with Gasteiger partial charge < -0.3 is 9.47 Å². The highest BCUT2D eigenvalue weighted by Crippen LogP contribution is 2.47. The van der Waals surface area contributed by atoms with Gasteiger partial charge in [0.05, 0.1) is 24.0 Å². The van der Waals surface area contributed by atoms with Gasteiger partial charge in [-0.25, -0.2) is 19.9 Å². The van der Waals surface area contributed by atoms with Crippen molar-refractivity contribution in [1.29, 1.82) is 0 Å². The summed E-state index contributed by atoms with van der Waals surface area (Å²) in [4.78, 5) is 40.6. The van der Waals surface area contributed by atoms with Gasteiger partial charge in [0.2, 0.25) is 0 Å². The molecule has 2 aromatic rings. The van der Waals surface area contributed by atoms with E-state index in [2.05, 4.69) is 42.5 Å². The maximum Gasteiger partial charge on any atom is 0.311 e. The number of aromatic nitrogens is 4. The van der Waals surface area contributed by atoms with E-state index in [0.717, 1.165) is 65.9 Å². The zero-order chi connectivity index (χ0) is 31.5. The maximum absolute atomic E-state index is 12.1. The zero-order valence-corrected chi connectivity index (χ0v) is 30.5. The second kappa shape index (κ2) is 17.3. The van der Waals surface area contributed by atoms with Gasteiger partial charge in [0, 0.05) is 26.9 Å². The summed E-state index contributed by atoms with van der Waals surface area (Å²) in [5.74, 6) is 0.250. The van der Waals surface area contributed by atoms with Crippen LogP contribution in [0.25, 0.3) is 0 Å². The average molecular weight is 751 g/mol. The number of esters is 2. The van der Waals surface area contributed by atoms with Crippen molar-refractivity contribution < 1.29 is 19.1 Å². The van der Waals surface area contributed by atoms with Crippen LogP contribution < -0.4 is 0 Å². The van der Waals surface area contributed by atoms with Crippen molar-refractivity contribution in [3.63, 3.8) is 0 Å². The Kier molecular flexibility index (Phi) is 15.3. The molecule has 0 aromatic carbocycles. The summed E-state index contributed by atoms with van der Waals surface area (Å²) in [5, 5.41) is 2.05. The van der Waals surface area contributed by atoms with Crippen LogP contribution in [0.5, 0.6) is 0 Å². The SMILES string of the molecule is CCOC(=O)C1(C)CCC(I)C1.CCOC(=O)[C@]1(C)CC[C@@H](c2cc(C)nc(SC)n2)C1.CSc1nc(C)cc(Cl)n1. The Morgan fingerprint density at radius 3 is 1.86 bits per heavy atom. The molecular weight excluding hydrogens is 707 g/mol. The number of hydrogen-bond donors (Lipinski definition) is 0. The van der Waals surface area contributed by atoms with Gasteiger partial charge in [0.15, 0.2) is 10.3 Å². The van der Waals surface area contributed by atoms with Gasteiger partial charge in [-0.15, -0.1) is 0 Å². The van der Waals surface area contributed by atoms with E-state index in [-0.39, 0.29) is 22.8 Å². The predicted octanol–water partition coefficient (Wildman–Crippen LogP) is 8.05. The van der Waals surface area contributed by atoms with Gasteiger partial charge in [-0.2, -0.15) is 0 Å². The first-order valence-corrected chi connectivity index (χ1v) is 18.3. The fourth-order valence-electron chi connectivity index (χ4n) is 5.10. The minimum Gasteiger partial charge on any atom is -0.466 e. The molecule has 4 atom stereocenters. The Morgan fingerprint density at radius 2 is 1.38 bits per heavy atom. The highest BCUT2D eigenvalue weighted by Gasteiger charge is 2.43. The van der Waals surface area contributed by atoms with Crippen LogP contribution in [0.3, 0.4) is 0 Å². The van der Waals surface area contributed by atoms with Crippen LogP contribution in [-0.4, -0.2) is 61.5 Å². The summed E-state index contributed by atoms with van der Waals surface area (Å²) < 4.78 is 10.9. The lowest BCUT2D eigenvalue weighted by Crippen LogP contribution is -2.27. The van der Waals surface area contributed by atoms with Crippen molar-refractivity contribution in [2.24, 2.45) is 10.8 Å². The molecule has 0 spiro atoms. The monoisotopic (exact) mass is 750 g/mol. The van der Waals surface area contributed by atoms with E-state index in [1.54, 1.807) is 17.8 Å². The van der Waals surface area contributed by atoms with E-state index in [0.29, 0.717) is 28.2 Å². The zero-order valence-electron chi connectivity index (χ0n) is 26.0. The van der Waals surface area contributed by atoms with E-state index in [4.69, 9.17) is 21.1 Å². The minimum absolute atomic E-state index is 0.0100. The van der Waals surface area contributed by atoms with Crippen molar-refractivity contribution in [1.82, 2.24) is 19.9 Å². The van der Waals surface area contributed by atoms with E-state index < -0.39 is 0 Å². The Morgan fingerprint density at radius 1 is 0.881 bits per heavy atom. The average Bonchev–Trinajstić information content (AvgIpc) is 3.52. The van der Waals surface area contributed by atoms with Crippen molar-refractivity contribution in [2.75, 3.05) is 25.7 Å². The van der Waals surface area contributed by atoms with Crippen molar-refractivity contribution in [3.8, 4) is 0 Å². The van der Waals surface area contributed by atoms with Gasteiger partial charge in [0.1, 0.15) is 5.15 Å². The van der Waals surface area contributed by atoms with Crippen LogP contribution in [0.2, 0.25) is 5.15 Å². The Hall–Kier alpha value is -1.18. The first-order chi connectivity index (χ1) is 19.8. The number of alkyl halides is 1. The molecule has 2 heterocycles. The van der Waals surface area contributed by atoms with Gasteiger partial charge >= 0.3 is 11.9 Å². The van der Waals surface area contributed by atoms with Crippen molar-refractivity contribution >= 4 is 69.7 Å². The Balaban J connectivity index is 0.000000239. The summed E-state index contributed by atoms with van der Waals surface area (Å²) in [5.41, 5.74) is 2.41. The van der Waals surface area contributed by atoms with Gasteiger partial charge in [-0.3, -0.25) is 9.59 Å². The maximum atomic E-state index is 12.1. The molecule has 0 bridgehead atoms. The van der Waals surface area contributed by atoms with Crippen LogP contribution >= 0.6 is 57.7 Å². The molecular formula is C30H44ClIN4O4S2. The summed E-state index contributed by atoms with van der Waals surface area (Å²) >= 11 is 11.1. The number of thioether (sulfide) groups is 2. The number of rotatable bonds is 7. The van der Waals surface area contributed by atoms with E-state index in [1.807, 2.05) is 60.1 Å². The van der Waals surface area contributed by atoms with Crippen LogP contribution in [0.1, 0.15) is 89.2 Å². The normalized spacial score (nSPS) is 24.6. The third-order valence-corrected chi connectivity index (χ3v) is 9.75. The van der Waals surface area contributed by atoms with Gasteiger partial charge in [-0.05, 0) is 105 Å². The highest BCUT2D eigenvalue weighted by atomic mass is 127. The summed E-state index contributed by atoms with van der Waals surface area (Å²) in [6.45, 7) is 12.6. The lowest BCUT2D eigenvalue weighted by atomic mass is 9.87. The number of nitrogens with zero attached hydrogens (tertiary/aromatic N) is 4. The fourth-order valence-corrected chi connectivity index (χ4v) is 7.53. The number of carbonyl (C=O) groups is 2.